The van der Waals surface area contributed by atoms with Crippen molar-refractivity contribution in [3.05, 3.63) is 0 Å². The van der Waals surface area contributed by atoms with E-state index in [0.29, 0.717) is 5.41 Å². The zero-order valence-corrected chi connectivity index (χ0v) is 5.93. The highest BCUT2D eigenvalue weighted by Gasteiger charge is 2.39. The average molecular weight is 123 g/mol. The second-order valence-electron chi connectivity index (χ2n) is 3.59. The van der Waals surface area contributed by atoms with E-state index in [2.05, 4.69) is 18.1 Å². The van der Waals surface area contributed by atoms with Gasteiger partial charge in [-0.25, -0.2) is 0 Å². The first-order valence-corrected chi connectivity index (χ1v) is 3.82. The van der Waals surface area contributed by atoms with E-state index in [-0.39, 0.29) is 0 Å². The SMILES string of the molecule is C[C@@]12C=NC[C@@H]1CCC2. The first-order chi connectivity index (χ1) is 4.31. The first-order valence-electron chi connectivity index (χ1n) is 3.82. The van der Waals surface area contributed by atoms with Gasteiger partial charge in [-0.05, 0) is 18.8 Å². The Morgan fingerprint density at radius 1 is 1.67 bits per heavy atom. The molecule has 0 unspecified atom stereocenters. The zero-order valence-electron chi connectivity index (χ0n) is 5.93. The van der Waals surface area contributed by atoms with Crippen LogP contribution in [0.25, 0.3) is 0 Å². The van der Waals surface area contributed by atoms with Crippen LogP contribution in [0.5, 0.6) is 0 Å². The Balaban J connectivity index is 2.26. The van der Waals surface area contributed by atoms with Gasteiger partial charge in [-0.3, -0.25) is 4.99 Å². The summed E-state index contributed by atoms with van der Waals surface area (Å²) in [6.07, 6.45) is 6.40. The Kier molecular flexibility index (Phi) is 0.961. The standard InChI is InChI=1S/C8H13N/c1-8-4-2-3-7(8)5-9-6-8/h6-7H,2-5H2,1H3/t7-,8+/m0/s1. The highest BCUT2D eigenvalue weighted by molar-refractivity contribution is 5.68. The molecule has 0 aromatic rings. The van der Waals surface area contributed by atoms with Crippen molar-refractivity contribution in [3.8, 4) is 0 Å². The molecule has 9 heavy (non-hydrogen) atoms. The van der Waals surface area contributed by atoms with Crippen LogP contribution in [-0.2, 0) is 0 Å². The van der Waals surface area contributed by atoms with Crippen LogP contribution in [0.2, 0.25) is 0 Å². The molecule has 2 aliphatic rings. The maximum absolute atomic E-state index is 4.31. The molecule has 0 bridgehead atoms. The number of fused-ring (bicyclic) bond motifs is 1. The first kappa shape index (κ1) is 5.45. The number of aliphatic imine (C=N–C) groups is 1. The van der Waals surface area contributed by atoms with Crippen LogP contribution in [0, 0.1) is 11.3 Å². The largest absolute Gasteiger partial charge is 0.297 e. The summed E-state index contributed by atoms with van der Waals surface area (Å²) in [7, 11) is 0. The highest BCUT2D eigenvalue weighted by atomic mass is 14.8. The molecule has 50 valence electrons. The smallest absolute Gasteiger partial charge is 0.0422 e. The van der Waals surface area contributed by atoms with Gasteiger partial charge in [0.05, 0.1) is 0 Å². The van der Waals surface area contributed by atoms with Gasteiger partial charge in [0.2, 0.25) is 0 Å². The summed E-state index contributed by atoms with van der Waals surface area (Å²) in [6, 6.07) is 0. The number of rotatable bonds is 0. The minimum Gasteiger partial charge on any atom is -0.297 e. The molecule has 0 radical (unpaired) electrons. The average Bonchev–Trinajstić information content (AvgIpc) is 2.22. The van der Waals surface area contributed by atoms with E-state index < -0.39 is 0 Å². The van der Waals surface area contributed by atoms with E-state index in [1.807, 2.05) is 0 Å². The molecule has 0 N–H and O–H groups in total. The van der Waals surface area contributed by atoms with Crippen molar-refractivity contribution < 1.29 is 0 Å². The summed E-state index contributed by atoms with van der Waals surface area (Å²) < 4.78 is 0. The van der Waals surface area contributed by atoms with Crippen LogP contribution in [-0.4, -0.2) is 12.8 Å². The zero-order chi connectivity index (χ0) is 6.32. The van der Waals surface area contributed by atoms with Crippen LogP contribution in [0.15, 0.2) is 4.99 Å². The van der Waals surface area contributed by atoms with Crippen molar-refractivity contribution in [1.29, 1.82) is 0 Å². The number of nitrogens with zero attached hydrogens (tertiary/aromatic N) is 1. The highest BCUT2D eigenvalue weighted by Crippen LogP contribution is 2.44. The van der Waals surface area contributed by atoms with Crippen LogP contribution in [0.3, 0.4) is 0 Å². The van der Waals surface area contributed by atoms with E-state index in [1.54, 1.807) is 0 Å². The predicted molar refractivity (Wildman–Crippen MR) is 38.8 cm³/mol. The van der Waals surface area contributed by atoms with Gasteiger partial charge in [0.15, 0.2) is 0 Å². The fraction of sp³-hybridized carbons (Fsp3) is 0.875. The third-order valence-electron chi connectivity index (χ3n) is 2.91. The molecule has 0 saturated heterocycles. The lowest BCUT2D eigenvalue weighted by atomic mass is 9.83. The molecule has 1 heterocycles. The van der Waals surface area contributed by atoms with Crippen LogP contribution < -0.4 is 0 Å². The van der Waals surface area contributed by atoms with Gasteiger partial charge in [0.25, 0.3) is 0 Å². The third-order valence-corrected chi connectivity index (χ3v) is 2.91. The molecule has 1 aliphatic heterocycles. The summed E-state index contributed by atoms with van der Waals surface area (Å²) >= 11 is 0. The Hall–Kier alpha value is -0.330. The molecule has 1 aliphatic carbocycles. The lowest BCUT2D eigenvalue weighted by Crippen LogP contribution is -2.19. The van der Waals surface area contributed by atoms with E-state index in [1.165, 1.54) is 19.3 Å². The predicted octanol–water partition coefficient (Wildman–Crippen LogP) is 1.88. The maximum Gasteiger partial charge on any atom is 0.0422 e. The third kappa shape index (κ3) is 0.637. The molecule has 1 saturated carbocycles. The molecule has 1 heteroatoms. The summed E-state index contributed by atoms with van der Waals surface area (Å²) in [4.78, 5) is 4.31. The van der Waals surface area contributed by atoms with Gasteiger partial charge >= 0.3 is 0 Å². The fourth-order valence-corrected chi connectivity index (χ4v) is 2.12. The minimum atomic E-state index is 0.514. The van der Waals surface area contributed by atoms with E-state index in [9.17, 15) is 0 Å². The molecular weight excluding hydrogens is 110 g/mol. The quantitative estimate of drug-likeness (QED) is 0.466. The molecule has 1 fully saturated rings. The fourth-order valence-electron chi connectivity index (χ4n) is 2.12. The molecule has 0 amide bonds. The van der Waals surface area contributed by atoms with Crippen molar-refractivity contribution in [2.45, 2.75) is 26.2 Å². The molecule has 1 nitrogen and oxygen atoms in total. The van der Waals surface area contributed by atoms with Crippen LogP contribution >= 0.6 is 0 Å². The van der Waals surface area contributed by atoms with Crippen molar-refractivity contribution in [3.63, 3.8) is 0 Å². The van der Waals surface area contributed by atoms with Crippen molar-refractivity contribution in [2.75, 3.05) is 6.54 Å². The topological polar surface area (TPSA) is 12.4 Å². The summed E-state index contributed by atoms with van der Waals surface area (Å²) in [5, 5.41) is 0. The van der Waals surface area contributed by atoms with Crippen molar-refractivity contribution >= 4 is 6.21 Å². The summed E-state index contributed by atoms with van der Waals surface area (Å²) in [5.74, 6) is 0.900. The van der Waals surface area contributed by atoms with Crippen molar-refractivity contribution in [2.24, 2.45) is 16.3 Å². The monoisotopic (exact) mass is 123 g/mol. The number of hydrogen-bond donors (Lipinski definition) is 0. The molecule has 0 aromatic carbocycles. The van der Waals surface area contributed by atoms with E-state index in [4.69, 9.17) is 0 Å². The van der Waals surface area contributed by atoms with E-state index in [0.717, 1.165) is 12.5 Å². The molecule has 0 aromatic heterocycles. The Bertz CT molecular complexity index is 151. The maximum atomic E-state index is 4.31. The van der Waals surface area contributed by atoms with Crippen molar-refractivity contribution in [1.82, 2.24) is 0 Å². The van der Waals surface area contributed by atoms with E-state index >= 15 is 0 Å². The van der Waals surface area contributed by atoms with Gasteiger partial charge in [0.1, 0.15) is 0 Å². The van der Waals surface area contributed by atoms with Crippen LogP contribution in [0.1, 0.15) is 26.2 Å². The van der Waals surface area contributed by atoms with Gasteiger partial charge in [0, 0.05) is 18.2 Å². The Morgan fingerprint density at radius 2 is 2.56 bits per heavy atom. The molecule has 2 atom stereocenters. The number of hydrogen-bond acceptors (Lipinski definition) is 1. The summed E-state index contributed by atoms with van der Waals surface area (Å²) in [6.45, 7) is 3.46. The van der Waals surface area contributed by atoms with Gasteiger partial charge in [-0.1, -0.05) is 13.3 Å². The van der Waals surface area contributed by atoms with Gasteiger partial charge < -0.3 is 0 Å². The normalized spacial score (nSPS) is 47.9. The molecular formula is C8H13N. The lowest BCUT2D eigenvalue weighted by molar-refractivity contribution is 0.381. The minimum absolute atomic E-state index is 0.514. The molecule has 0 spiro atoms. The van der Waals surface area contributed by atoms with Gasteiger partial charge in [-0.15, -0.1) is 0 Å². The summed E-state index contributed by atoms with van der Waals surface area (Å²) in [5.41, 5.74) is 0.514. The Labute approximate surface area is 56.2 Å². The second-order valence-corrected chi connectivity index (χ2v) is 3.59. The van der Waals surface area contributed by atoms with Gasteiger partial charge in [-0.2, -0.15) is 0 Å². The Morgan fingerprint density at radius 3 is 3.33 bits per heavy atom. The van der Waals surface area contributed by atoms with Crippen LogP contribution in [0.4, 0.5) is 0 Å². The lowest BCUT2D eigenvalue weighted by Gasteiger charge is -2.19. The molecule has 2 rings (SSSR count). The second kappa shape index (κ2) is 1.59.